The zero-order valence-electron chi connectivity index (χ0n) is 11.4. The van der Waals surface area contributed by atoms with Gasteiger partial charge in [0.2, 0.25) is 0 Å². The molecule has 0 atom stereocenters. The summed E-state index contributed by atoms with van der Waals surface area (Å²) in [6.07, 6.45) is 0. The van der Waals surface area contributed by atoms with Crippen molar-refractivity contribution in [2.24, 2.45) is 0 Å². The fraction of sp³-hybridized carbons (Fsp3) is 1.00. The van der Waals surface area contributed by atoms with Gasteiger partial charge in [0, 0.05) is 12.3 Å². The van der Waals surface area contributed by atoms with Crippen LogP contribution in [0, 0.1) is 0 Å². The zero-order chi connectivity index (χ0) is 12.0. The number of hydrogen-bond donors (Lipinski definition) is 0. The van der Waals surface area contributed by atoms with Crippen molar-refractivity contribution in [2.45, 2.75) is 19.4 Å². The van der Waals surface area contributed by atoms with E-state index in [1.54, 1.807) is 0 Å². The molecular formula is C3H9ClSi. The summed E-state index contributed by atoms with van der Waals surface area (Å²) in [5, 5.41) is 0. The van der Waals surface area contributed by atoms with Crippen LogP contribution in [-0.4, -0.2) is 7.38 Å². The topological polar surface area (TPSA) is 0 Å². The molecule has 0 saturated carbocycles. The third-order valence-corrected chi connectivity index (χ3v) is 0. The highest BCUT2D eigenvalue weighted by Gasteiger charge is 2.04. The Bertz CT molecular complexity index is 174. The molecule has 0 radical (unpaired) electrons. The molecule has 0 fully saturated rings. The third kappa shape index (κ3) is 110. The Hall–Kier alpha value is 0.507. The van der Waals surface area contributed by atoms with Gasteiger partial charge in [-0.05, 0) is 0 Å². The molecule has 0 aliphatic carbocycles. The molecule has 32 valence electrons. The SMILES string of the molecule is [2H]C([2H])([2H])[Si](Cl)(C([2H])([2H])[2H])C([2H])([2H])[2H]. The first-order valence-corrected chi connectivity index (χ1v) is 3.95. The summed E-state index contributed by atoms with van der Waals surface area (Å²) < 4.78 is 62.5. The minimum absolute atomic E-state index is 3.15. The lowest BCUT2D eigenvalue weighted by Gasteiger charge is -1.97. The molecule has 0 spiro atoms. The number of halogens is 1. The molecule has 0 rings (SSSR count). The lowest BCUT2D eigenvalue weighted by Crippen LogP contribution is -2.06. The molecule has 0 aliphatic rings. The van der Waals surface area contributed by atoms with Gasteiger partial charge in [-0.3, -0.25) is 0 Å². The molecule has 0 aliphatic heterocycles. The summed E-state index contributed by atoms with van der Waals surface area (Å²) >= 11 is 5.42. The van der Waals surface area contributed by atoms with Gasteiger partial charge in [-0.25, -0.2) is 0 Å². The van der Waals surface area contributed by atoms with E-state index in [0.29, 0.717) is 0 Å². The van der Waals surface area contributed by atoms with Crippen LogP contribution < -0.4 is 0 Å². The maximum atomic E-state index is 6.94. The van der Waals surface area contributed by atoms with Crippen LogP contribution in [0.5, 0.6) is 0 Å². The van der Waals surface area contributed by atoms with Gasteiger partial charge in [0.05, 0.1) is 0 Å². The van der Waals surface area contributed by atoms with Crippen molar-refractivity contribution in [3.8, 4) is 0 Å². The number of rotatable bonds is 0. The molecule has 2 heteroatoms. The van der Waals surface area contributed by atoms with Crippen molar-refractivity contribution in [1.29, 1.82) is 0 Å². The second kappa shape index (κ2) is 1.31. The predicted molar refractivity (Wildman–Crippen MR) is 29.2 cm³/mol. The van der Waals surface area contributed by atoms with Gasteiger partial charge in [-0.2, -0.15) is 11.1 Å². The summed E-state index contributed by atoms with van der Waals surface area (Å²) in [5.74, 6) is 0. The molecule has 0 unspecified atom stereocenters. The summed E-state index contributed by atoms with van der Waals surface area (Å²) in [7, 11) is -4.88. The van der Waals surface area contributed by atoms with Crippen LogP contribution in [0.2, 0.25) is 19.4 Å². The largest absolute Gasteiger partial charge is 0.168 e. The number of hydrogen-bond acceptors (Lipinski definition) is 0. The molecule has 0 aromatic heterocycles. The van der Waals surface area contributed by atoms with Crippen molar-refractivity contribution < 1.29 is 12.3 Å². The fourth-order valence-corrected chi connectivity index (χ4v) is 0. The molecule has 0 saturated heterocycles. The Balaban J connectivity index is 5.54. The minimum Gasteiger partial charge on any atom is -0.168 e. The van der Waals surface area contributed by atoms with Crippen LogP contribution in [0.25, 0.3) is 0 Å². The molecule has 0 aromatic rings. The summed E-state index contributed by atoms with van der Waals surface area (Å²) in [6, 6.07) is 0. The average Bonchev–Trinajstić information content (AvgIpc) is 1.77. The Kier molecular flexibility index (Phi) is 0.161. The molecule has 5 heavy (non-hydrogen) atoms. The van der Waals surface area contributed by atoms with Crippen LogP contribution in [0.1, 0.15) is 12.3 Å². The van der Waals surface area contributed by atoms with Gasteiger partial charge >= 0.3 is 0 Å². The van der Waals surface area contributed by atoms with Gasteiger partial charge in [0.25, 0.3) is 0 Å². The van der Waals surface area contributed by atoms with Crippen LogP contribution in [0.3, 0.4) is 0 Å². The first kappa shape index (κ1) is 0.613. The lowest BCUT2D eigenvalue weighted by atomic mass is 11.8. The van der Waals surface area contributed by atoms with Gasteiger partial charge in [0.15, 0.2) is 0 Å². The molecule has 0 bridgehead atoms. The smallest absolute Gasteiger partial charge is 0.147 e. The Labute approximate surface area is 51.5 Å². The van der Waals surface area contributed by atoms with Gasteiger partial charge < -0.3 is 0 Å². The standard InChI is InChI=1S/C3H9ClSi/c1-5(2,3)4/h1-3H3/i1D3,2D3,3D3. The van der Waals surface area contributed by atoms with Crippen molar-refractivity contribution in [1.82, 2.24) is 0 Å². The Morgan fingerprint density at radius 3 is 2.00 bits per heavy atom. The van der Waals surface area contributed by atoms with E-state index >= 15 is 0 Å². The van der Waals surface area contributed by atoms with E-state index < -0.39 is 26.8 Å². The normalized spacial score (nSPS) is 46.2. The van der Waals surface area contributed by atoms with E-state index in [9.17, 15) is 0 Å². The average molecular weight is 118 g/mol. The van der Waals surface area contributed by atoms with E-state index in [1.807, 2.05) is 0 Å². The van der Waals surface area contributed by atoms with E-state index in [2.05, 4.69) is 0 Å². The van der Waals surface area contributed by atoms with E-state index in [-0.39, 0.29) is 0 Å². The van der Waals surface area contributed by atoms with Crippen molar-refractivity contribution in [3.63, 3.8) is 0 Å². The highest BCUT2D eigenvalue weighted by molar-refractivity contribution is 7.18. The maximum Gasteiger partial charge on any atom is 0.147 e. The molecule has 0 N–H and O–H groups in total. The Morgan fingerprint density at radius 1 is 1.60 bits per heavy atom. The van der Waals surface area contributed by atoms with Gasteiger partial charge in [0.1, 0.15) is 7.38 Å². The fourth-order valence-electron chi connectivity index (χ4n) is 0. The quantitative estimate of drug-likeness (QED) is 0.337. The second-order valence-corrected chi connectivity index (χ2v) is 3.68. The summed E-state index contributed by atoms with van der Waals surface area (Å²) in [6.45, 7) is -9.44. The monoisotopic (exact) mass is 117 g/mol. The molecular weight excluding hydrogens is 99.6 g/mol. The van der Waals surface area contributed by atoms with E-state index in [4.69, 9.17) is 23.4 Å². The van der Waals surface area contributed by atoms with Crippen molar-refractivity contribution in [2.75, 3.05) is 0 Å². The maximum absolute atomic E-state index is 6.94. The second-order valence-electron chi connectivity index (χ2n) is 0.658. The van der Waals surface area contributed by atoms with Crippen LogP contribution in [0.15, 0.2) is 0 Å². The summed E-state index contributed by atoms with van der Waals surface area (Å²) in [4.78, 5) is 0. The minimum atomic E-state index is -4.88. The van der Waals surface area contributed by atoms with Gasteiger partial charge in [-0.15, -0.1) is 0 Å². The molecule has 0 aromatic carbocycles. The molecule has 0 nitrogen and oxygen atoms in total. The van der Waals surface area contributed by atoms with Crippen LogP contribution >= 0.6 is 11.1 Å². The van der Waals surface area contributed by atoms with Crippen molar-refractivity contribution >= 4 is 18.5 Å². The molecule has 0 heterocycles. The first-order chi connectivity index (χ1) is 5.75. The van der Waals surface area contributed by atoms with Crippen LogP contribution in [-0.2, 0) is 0 Å². The zero-order valence-corrected chi connectivity index (χ0v) is 4.13. The summed E-state index contributed by atoms with van der Waals surface area (Å²) in [5.41, 5.74) is 0. The first-order valence-electron chi connectivity index (χ1n) is 5.44. The predicted octanol–water partition coefficient (Wildman–Crippen LogP) is 2.06. The van der Waals surface area contributed by atoms with Gasteiger partial charge in [-0.1, -0.05) is 19.4 Å². The highest BCUT2D eigenvalue weighted by atomic mass is 35.6. The van der Waals surface area contributed by atoms with E-state index in [0.717, 1.165) is 0 Å². The van der Waals surface area contributed by atoms with Crippen LogP contribution in [0.4, 0.5) is 0 Å². The van der Waals surface area contributed by atoms with Crippen molar-refractivity contribution in [3.05, 3.63) is 0 Å². The third-order valence-electron chi connectivity index (χ3n) is 0. The van der Waals surface area contributed by atoms with E-state index in [1.165, 1.54) is 0 Å². The Morgan fingerprint density at radius 2 is 2.00 bits per heavy atom. The highest BCUT2D eigenvalue weighted by Crippen LogP contribution is 2.03. The lowest BCUT2D eigenvalue weighted by molar-refractivity contribution is 1.87. The molecule has 0 amide bonds.